The van der Waals surface area contributed by atoms with Gasteiger partial charge in [-0.2, -0.15) is 0 Å². The molecule has 3 nitrogen and oxygen atoms in total. The number of aromatic amines is 1. The van der Waals surface area contributed by atoms with Crippen LogP contribution in [0.4, 0.5) is 5.69 Å². The molecule has 1 aromatic carbocycles. The van der Waals surface area contributed by atoms with E-state index in [1.165, 1.54) is 0 Å². The van der Waals surface area contributed by atoms with Gasteiger partial charge in [-0.25, -0.2) is 0 Å². The molecular weight excluding hydrogens is 224 g/mol. The summed E-state index contributed by atoms with van der Waals surface area (Å²) < 4.78 is 0. The van der Waals surface area contributed by atoms with Gasteiger partial charge in [0.2, 0.25) is 5.91 Å². The molecule has 0 atom stereocenters. The minimum Gasteiger partial charge on any atom is -0.362 e. The van der Waals surface area contributed by atoms with Crippen molar-refractivity contribution in [1.82, 2.24) is 4.98 Å². The van der Waals surface area contributed by atoms with Gasteiger partial charge < -0.3 is 10.3 Å². The van der Waals surface area contributed by atoms with Gasteiger partial charge in [-0.3, -0.25) is 4.79 Å². The summed E-state index contributed by atoms with van der Waals surface area (Å²) in [5.74, 6) is 0.0164. The topological polar surface area (TPSA) is 44.9 Å². The van der Waals surface area contributed by atoms with Crippen LogP contribution in [0.1, 0.15) is 22.5 Å². The molecule has 2 N–H and O–H groups in total. The maximum Gasteiger partial charge on any atom is 0.228 e. The Kier molecular flexibility index (Phi) is 3.51. The van der Waals surface area contributed by atoms with Gasteiger partial charge >= 0.3 is 0 Å². The van der Waals surface area contributed by atoms with E-state index in [0.29, 0.717) is 6.42 Å². The van der Waals surface area contributed by atoms with Crippen LogP contribution in [0.2, 0.25) is 0 Å². The van der Waals surface area contributed by atoms with Crippen molar-refractivity contribution < 1.29 is 4.79 Å². The van der Waals surface area contributed by atoms with Gasteiger partial charge in [0.15, 0.2) is 0 Å². The summed E-state index contributed by atoms with van der Waals surface area (Å²) in [4.78, 5) is 15.1. The maximum absolute atomic E-state index is 11.9. The average Bonchev–Trinajstić information content (AvgIpc) is 2.57. The lowest BCUT2D eigenvalue weighted by Gasteiger charge is -2.05. The van der Waals surface area contributed by atoms with Crippen LogP contribution in [0.3, 0.4) is 0 Å². The minimum absolute atomic E-state index is 0.0164. The van der Waals surface area contributed by atoms with Crippen molar-refractivity contribution in [2.24, 2.45) is 0 Å². The van der Waals surface area contributed by atoms with Crippen molar-refractivity contribution in [2.75, 3.05) is 5.32 Å². The number of benzene rings is 1. The third-order valence-corrected chi connectivity index (χ3v) is 2.91. The highest BCUT2D eigenvalue weighted by molar-refractivity contribution is 5.92. The zero-order chi connectivity index (χ0) is 13.1. The highest BCUT2D eigenvalue weighted by Crippen LogP contribution is 2.13. The molecule has 2 aromatic rings. The molecule has 0 aliphatic heterocycles. The lowest BCUT2D eigenvalue weighted by atomic mass is 10.1. The van der Waals surface area contributed by atoms with Gasteiger partial charge in [-0.15, -0.1) is 0 Å². The number of aromatic nitrogens is 1. The first-order chi connectivity index (χ1) is 8.54. The number of carbonyl (C=O) groups is 1. The molecule has 0 aliphatic carbocycles. The molecule has 1 heterocycles. The first-order valence-corrected chi connectivity index (χ1v) is 6.06. The summed E-state index contributed by atoms with van der Waals surface area (Å²) in [6, 6.07) is 9.84. The van der Waals surface area contributed by atoms with Crippen LogP contribution in [-0.4, -0.2) is 10.9 Å². The van der Waals surface area contributed by atoms with Crippen LogP contribution in [0.15, 0.2) is 30.3 Å². The van der Waals surface area contributed by atoms with Crippen LogP contribution in [0, 0.1) is 20.8 Å². The number of anilines is 1. The first kappa shape index (κ1) is 12.4. The zero-order valence-corrected chi connectivity index (χ0v) is 11.0. The normalized spacial score (nSPS) is 10.4. The number of hydrogen-bond acceptors (Lipinski definition) is 1. The molecule has 94 valence electrons. The summed E-state index contributed by atoms with van der Waals surface area (Å²) in [6.45, 7) is 5.99. The third-order valence-electron chi connectivity index (χ3n) is 2.91. The highest BCUT2D eigenvalue weighted by atomic mass is 16.1. The van der Waals surface area contributed by atoms with E-state index < -0.39 is 0 Å². The standard InChI is InChI=1S/C15H18N2O/c1-10-5-4-6-14(7-10)17-15(18)9-13-8-11(2)16-12(13)3/h4-8,16H,9H2,1-3H3,(H,17,18). The second-order valence-corrected chi connectivity index (χ2v) is 4.70. The predicted octanol–water partition coefficient (Wildman–Crippen LogP) is 3.12. The molecule has 18 heavy (non-hydrogen) atoms. The van der Waals surface area contributed by atoms with E-state index >= 15 is 0 Å². The van der Waals surface area contributed by atoms with E-state index in [9.17, 15) is 4.79 Å². The van der Waals surface area contributed by atoms with Gasteiger partial charge in [-0.1, -0.05) is 12.1 Å². The van der Waals surface area contributed by atoms with E-state index in [2.05, 4.69) is 10.3 Å². The van der Waals surface area contributed by atoms with Gasteiger partial charge in [0, 0.05) is 17.1 Å². The van der Waals surface area contributed by atoms with Crippen LogP contribution < -0.4 is 5.32 Å². The molecule has 0 unspecified atom stereocenters. The molecule has 1 amide bonds. The number of nitrogens with one attached hydrogen (secondary N) is 2. The lowest BCUT2D eigenvalue weighted by Crippen LogP contribution is -2.14. The van der Waals surface area contributed by atoms with Gasteiger partial charge in [0.05, 0.1) is 6.42 Å². The van der Waals surface area contributed by atoms with Crippen LogP contribution in [0.5, 0.6) is 0 Å². The number of rotatable bonds is 3. The van der Waals surface area contributed by atoms with E-state index in [1.54, 1.807) is 0 Å². The quantitative estimate of drug-likeness (QED) is 0.853. The summed E-state index contributed by atoms with van der Waals surface area (Å²) in [7, 11) is 0. The summed E-state index contributed by atoms with van der Waals surface area (Å²) in [5.41, 5.74) is 5.20. The fourth-order valence-corrected chi connectivity index (χ4v) is 2.07. The summed E-state index contributed by atoms with van der Waals surface area (Å²) >= 11 is 0. The van der Waals surface area contributed by atoms with E-state index in [0.717, 1.165) is 28.2 Å². The molecule has 1 aromatic heterocycles. The van der Waals surface area contributed by atoms with Crippen LogP contribution >= 0.6 is 0 Å². The Bertz CT molecular complexity index is 570. The predicted molar refractivity (Wildman–Crippen MR) is 73.8 cm³/mol. The van der Waals surface area contributed by atoms with Gasteiger partial charge in [0.25, 0.3) is 0 Å². The second kappa shape index (κ2) is 5.08. The molecule has 3 heteroatoms. The third kappa shape index (κ3) is 3.00. The van der Waals surface area contributed by atoms with Crippen molar-refractivity contribution in [2.45, 2.75) is 27.2 Å². The lowest BCUT2D eigenvalue weighted by molar-refractivity contribution is -0.115. The van der Waals surface area contributed by atoms with E-state index in [-0.39, 0.29) is 5.91 Å². The van der Waals surface area contributed by atoms with Crippen LogP contribution in [0.25, 0.3) is 0 Å². The molecular formula is C15H18N2O. The molecule has 0 fully saturated rings. The van der Waals surface area contributed by atoms with Crippen LogP contribution in [-0.2, 0) is 11.2 Å². The Morgan fingerprint density at radius 3 is 2.61 bits per heavy atom. The molecule has 0 saturated carbocycles. The average molecular weight is 242 g/mol. The number of amides is 1. The Labute approximate surface area is 107 Å². The Morgan fingerprint density at radius 2 is 2.00 bits per heavy atom. The monoisotopic (exact) mass is 242 g/mol. The number of H-pyrrole nitrogens is 1. The molecule has 0 spiro atoms. The number of hydrogen-bond donors (Lipinski definition) is 2. The molecule has 0 radical (unpaired) electrons. The van der Waals surface area contributed by atoms with Gasteiger partial charge in [0.1, 0.15) is 0 Å². The smallest absolute Gasteiger partial charge is 0.228 e. The fraction of sp³-hybridized carbons (Fsp3) is 0.267. The van der Waals surface area contributed by atoms with Crippen molar-refractivity contribution >= 4 is 11.6 Å². The van der Waals surface area contributed by atoms with Gasteiger partial charge in [-0.05, 0) is 50.1 Å². The van der Waals surface area contributed by atoms with Crippen molar-refractivity contribution in [3.05, 3.63) is 52.8 Å². The Hall–Kier alpha value is -2.03. The Morgan fingerprint density at radius 1 is 1.22 bits per heavy atom. The molecule has 0 saturated heterocycles. The maximum atomic E-state index is 11.9. The highest BCUT2D eigenvalue weighted by Gasteiger charge is 2.08. The number of carbonyl (C=O) groups excluding carboxylic acids is 1. The summed E-state index contributed by atoms with van der Waals surface area (Å²) in [6.07, 6.45) is 0.407. The van der Waals surface area contributed by atoms with Crippen molar-refractivity contribution in [3.63, 3.8) is 0 Å². The van der Waals surface area contributed by atoms with E-state index in [1.807, 2.05) is 51.1 Å². The largest absolute Gasteiger partial charge is 0.362 e. The number of aryl methyl sites for hydroxylation is 3. The van der Waals surface area contributed by atoms with E-state index in [4.69, 9.17) is 0 Å². The van der Waals surface area contributed by atoms with Crippen molar-refractivity contribution in [1.29, 1.82) is 0 Å². The molecule has 2 rings (SSSR count). The minimum atomic E-state index is 0.0164. The zero-order valence-electron chi connectivity index (χ0n) is 11.0. The molecule has 0 bridgehead atoms. The fourth-order valence-electron chi connectivity index (χ4n) is 2.07. The molecule has 0 aliphatic rings. The Balaban J connectivity index is 2.03. The second-order valence-electron chi connectivity index (χ2n) is 4.70. The SMILES string of the molecule is Cc1cccc(NC(=O)Cc2cc(C)[nH]c2C)c1. The first-order valence-electron chi connectivity index (χ1n) is 6.06. The summed E-state index contributed by atoms with van der Waals surface area (Å²) in [5, 5.41) is 2.91. The van der Waals surface area contributed by atoms with Crippen molar-refractivity contribution in [3.8, 4) is 0 Å².